The fourth-order valence-electron chi connectivity index (χ4n) is 1.88. The molecule has 0 atom stereocenters. The van der Waals surface area contributed by atoms with Crippen LogP contribution in [0.4, 0.5) is 0 Å². The van der Waals surface area contributed by atoms with E-state index in [1.165, 1.54) is 0 Å². The van der Waals surface area contributed by atoms with Gasteiger partial charge >= 0.3 is 0 Å². The Kier molecular flexibility index (Phi) is 5.97. The van der Waals surface area contributed by atoms with Crippen LogP contribution in [0, 0.1) is 5.41 Å². The summed E-state index contributed by atoms with van der Waals surface area (Å²) in [7, 11) is 0. The van der Waals surface area contributed by atoms with E-state index in [1.54, 1.807) is 0 Å². The molecule has 0 aliphatic rings. The number of rotatable bonds is 7. The molecule has 0 aliphatic heterocycles. The molecular weight excluding hydrogens is 178 g/mol. The van der Waals surface area contributed by atoms with E-state index < -0.39 is 0 Å². The SMILES string of the molecule is CCCC(CC)(CC)C(=O)CN=[N+]=[N-]. The molecular formula is C10H19N3O. The fraction of sp³-hybridized carbons (Fsp3) is 0.900. The maximum Gasteiger partial charge on any atom is 0.144 e. The summed E-state index contributed by atoms with van der Waals surface area (Å²) in [6.45, 7) is 6.11. The number of ketones is 1. The van der Waals surface area contributed by atoms with E-state index in [0.717, 1.165) is 25.7 Å². The third kappa shape index (κ3) is 3.04. The van der Waals surface area contributed by atoms with Crippen molar-refractivity contribution in [3.8, 4) is 0 Å². The average molecular weight is 197 g/mol. The lowest BCUT2D eigenvalue weighted by Gasteiger charge is -2.29. The first kappa shape index (κ1) is 13.0. The molecule has 0 N–H and O–H groups in total. The van der Waals surface area contributed by atoms with Crippen LogP contribution in [0.2, 0.25) is 0 Å². The van der Waals surface area contributed by atoms with Crippen LogP contribution in [0.5, 0.6) is 0 Å². The highest BCUT2D eigenvalue weighted by atomic mass is 16.1. The van der Waals surface area contributed by atoms with Gasteiger partial charge in [0.2, 0.25) is 0 Å². The molecule has 0 bridgehead atoms. The predicted octanol–water partition coefficient (Wildman–Crippen LogP) is 3.47. The van der Waals surface area contributed by atoms with Gasteiger partial charge in [-0.2, -0.15) is 0 Å². The minimum absolute atomic E-state index is 0.00181. The van der Waals surface area contributed by atoms with Gasteiger partial charge in [-0.05, 0) is 24.8 Å². The minimum Gasteiger partial charge on any atom is -0.299 e. The Morgan fingerprint density at radius 1 is 1.36 bits per heavy atom. The predicted molar refractivity (Wildman–Crippen MR) is 56.9 cm³/mol. The van der Waals surface area contributed by atoms with E-state index in [0.29, 0.717) is 0 Å². The van der Waals surface area contributed by atoms with Crippen LogP contribution in [0.25, 0.3) is 10.4 Å². The van der Waals surface area contributed by atoms with Gasteiger partial charge in [-0.3, -0.25) is 4.79 Å². The number of nitrogens with zero attached hydrogens (tertiary/aromatic N) is 3. The number of azide groups is 1. The zero-order chi connectivity index (χ0) is 11.0. The standard InChI is InChI=1S/C10H19N3O/c1-4-7-10(5-2,6-3)9(14)8-12-13-11/h4-8H2,1-3H3. The third-order valence-corrected chi connectivity index (χ3v) is 2.95. The average Bonchev–Trinajstić information content (AvgIpc) is 2.22. The molecule has 0 saturated carbocycles. The van der Waals surface area contributed by atoms with Crippen molar-refractivity contribution in [3.63, 3.8) is 0 Å². The van der Waals surface area contributed by atoms with Gasteiger partial charge in [0, 0.05) is 10.3 Å². The Morgan fingerprint density at radius 2 is 1.93 bits per heavy atom. The van der Waals surface area contributed by atoms with Crippen molar-refractivity contribution < 1.29 is 4.79 Å². The number of carbonyl (C=O) groups is 1. The lowest BCUT2D eigenvalue weighted by molar-refractivity contribution is -0.128. The number of hydrogen-bond donors (Lipinski definition) is 0. The second-order valence-electron chi connectivity index (χ2n) is 3.55. The second-order valence-corrected chi connectivity index (χ2v) is 3.55. The molecule has 0 radical (unpaired) electrons. The molecule has 0 fully saturated rings. The van der Waals surface area contributed by atoms with Crippen LogP contribution in [0.3, 0.4) is 0 Å². The largest absolute Gasteiger partial charge is 0.299 e. The van der Waals surface area contributed by atoms with Gasteiger partial charge in [0.15, 0.2) is 0 Å². The van der Waals surface area contributed by atoms with E-state index >= 15 is 0 Å². The first-order valence-electron chi connectivity index (χ1n) is 5.21. The molecule has 0 heterocycles. The van der Waals surface area contributed by atoms with Crippen molar-refractivity contribution in [2.24, 2.45) is 10.5 Å². The van der Waals surface area contributed by atoms with Crippen LogP contribution < -0.4 is 0 Å². The van der Waals surface area contributed by atoms with Crippen LogP contribution in [-0.4, -0.2) is 12.3 Å². The first-order valence-corrected chi connectivity index (χ1v) is 5.21. The highest BCUT2D eigenvalue weighted by molar-refractivity contribution is 5.86. The van der Waals surface area contributed by atoms with Crippen molar-refractivity contribution in [3.05, 3.63) is 10.4 Å². The Hall–Kier alpha value is -1.02. The first-order chi connectivity index (χ1) is 6.66. The minimum atomic E-state index is -0.261. The summed E-state index contributed by atoms with van der Waals surface area (Å²) in [6.07, 6.45) is 3.54. The fourth-order valence-corrected chi connectivity index (χ4v) is 1.88. The number of hydrogen-bond acceptors (Lipinski definition) is 2. The van der Waals surface area contributed by atoms with E-state index in [1.807, 2.05) is 13.8 Å². The van der Waals surface area contributed by atoms with Crippen molar-refractivity contribution >= 4 is 5.78 Å². The molecule has 0 spiro atoms. The summed E-state index contributed by atoms with van der Waals surface area (Å²) >= 11 is 0. The summed E-state index contributed by atoms with van der Waals surface area (Å²) in [5, 5.41) is 3.35. The topological polar surface area (TPSA) is 65.8 Å². The quantitative estimate of drug-likeness (QED) is 0.350. The molecule has 4 heteroatoms. The maximum absolute atomic E-state index is 11.8. The smallest absolute Gasteiger partial charge is 0.144 e. The van der Waals surface area contributed by atoms with Crippen LogP contribution in [-0.2, 0) is 4.79 Å². The molecule has 14 heavy (non-hydrogen) atoms. The van der Waals surface area contributed by atoms with Crippen molar-refractivity contribution in [1.29, 1.82) is 0 Å². The molecule has 80 valence electrons. The van der Waals surface area contributed by atoms with Gasteiger partial charge < -0.3 is 0 Å². The van der Waals surface area contributed by atoms with Crippen LogP contribution >= 0.6 is 0 Å². The third-order valence-electron chi connectivity index (χ3n) is 2.95. The van der Waals surface area contributed by atoms with Crippen LogP contribution in [0.1, 0.15) is 46.5 Å². The molecule has 4 nitrogen and oxygen atoms in total. The second kappa shape index (κ2) is 6.44. The van der Waals surface area contributed by atoms with Gasteiger partial charge in [0.05, 0.1) is 6.54 Å². The summed E-state index contributed by atoms with van der Waals surface area (Å²) in [5.74, 6) is 0.0853. The van der Waals surface area contributed by atoms with E-state index in [4.69, 9.17) is 5.53 Å². The van der Waals surface area contributed by atoms with Crippen LogP contribution in [0.15, 0.2) is 5.11 Å². The van der Waals surface area contributed by atoms with Gasteiger partial charge in [0.1, 0.15) is 5.78 Å². The van der Waals surface area contributed by atoms with Crippen molar-refractivity contribution in [2.75, 3.05) is 6.54 Å². The van der Waals surface area contributed by atoms with Gasteiger partial charge in [-0.15, -0.1) is 0 Å². The molecule has 0 aromatic rings. The Bertz CT molecular complexity index is 228. The normalized spacial score (nSPS) is 10.8. The summed E-state index contributed by atoms with van der Waals surface area (Å²) in [4.78, 5) is 14.4. The monoisotopic (exact) mass is 197 g/mol. The number of carbonyl (C=O) groups excluding carboxylic acids is 1. The van der Waals surface area contributed by atoms with Gasteiger partial charge in [0.25, 0.3) is 0 Å². The molecule has 0 aromatic carbocycles. The molecule has 0 saturated heterocycles. The van der Waals surface area contributed by atoms with E-state index in [2.05, 4.69) is 16.9 Å². The molecule has 0 aromatic heterocycles. The zero-order valence-electron chi connectivity index (χ0n) is 9.29. The summed E-state index contributed by atoms with van der Waals surface area (Å²) in [6, 6.07) is 0. The highest BCUT2D eigenvalue weighted by Crippen LogP contribution is 2.33. The lowest BCUT2D eigenvalue weighted by Crippen LogP contribution is -2.31. The zero-order valence-corrected chi connectivity index (χ0v) is 9.29. The lowest BCUT2D eigenvalue weighted by atomic mass is 9.75. The van der Waals surface area contributed by atoms with Crippen molar-refractivity contribution in [1.82, 2.24) is 0 Å². The maximum atomic E-state index is 11.8. The summed E-state index contributed by atoms with van der Waals surface area (Å²) in [5.41, 5.74) is 7.90. The highest BCUT2D eigenvalue weighted by Gasteiger charge is 2.32. The van der Waals surface area contributed by atoms with Gasteiger partial charge in [-0.25, -0.2) is 0 Å². The molecule has 0 aliphatic carbocycles. The Morgan fingerprint density at radius 3 is 2.29 bits per heavy atom. The Balaban J connectivity index is 4.60. The molecule has 0 amide bonds. The molecule has 0 unspecified atom stereocenters. The van der Waals surface area contributed by atoms with Crippen molar-refractivity contribution in [2.45, 2.75) is 46.5 Å². The van der Waals surface area contributed by atoms with E-state index in [-0.39, 0.29) is 17.7 Å². The molecule has 0 rings (SSSR count). The Labute approximate surface area is 85.3 Å². The summed E-state index contributed by atoms with van der Waals surface area (Å²) < 4.78 is 0. The van der Waals surface area contributed by atoms with Gasteiger partial charge in [-0.1, -0.05) is 32.3 Å². The van der Waals surface area contributed by atoms with E-state index in [9.17, 15) is 4.79 Å². The number of Topliss-reactive ketones (excluding diaryl/α,β-unsaturated/α-hetero) is 1.